The third-order valence-electron chi connectivity index (χ3n) is 3.79. The number of carbonyl (C=O) groups excluding carboxylic acids is 1. The number of hydrogen-bond donors (Lipinski definition) is 2. The highest BCUT2D eigenvalue weighted by molar-refractivity contribution is 9.10. The van der Waals surface area contributed by atoms with E-state index in [0.717, 1.165) is 0 Å². The van der Waals surface area contributed by atoms with Gasteiger partial charge in [-0.05, 0) is 33.5 Å². The van der Waals surface area contributed by atoms with E-state index < -0.39 is 34.1 Å². The van der Waals surface area contributed by atoms with Crippen LogP contribution in [0.2, 0.25) is 0 Å². The van der Waals surface area contributed by atoms with Crippen LogP contribution in [0.5, 0.6) is 0 Å². The van der Waals surface area contributed by atoms with Crippen molar-refractivity contribution in [3.05, 3.63) is 32.8 Å². The maximum absolute atomic E-state index is 12.1. The van der Waals surface area contributed by atoms with Crippen molar-refractivity contribution in [2.45, 2.75) is 13.8 Å². The number of nitrogens with zero attached hydrogens (tertiary/aromatic N) is 1. The maximum atomic E-state index is 12.1. The largest absolute Gasteiger partial charge is 0.481 e. The molecule has 1 amide bonds. The summed E-state index contributed by atoms with van der Waals surface area (Å²) in [6, 6.07) is 4.20. The van der Waals surface area contributed by atoms with Gasteiger partial charge < -0.3 is 10.4 Å². The van der Waals surface area contributed by atoms with E-state index in [-0.39, 0.29) is 11.4 Å². The van der Waals surface area contributed by atoms with Gasteiger partial charge in [-0.15, -0.1) is 0 Å². The normalized spacial score (nSPS) is 22.4. The molecule has 0 aliphatic heterocycles. The predicted molar refractivity (Wildman–Crippen MR) is 77.8 cm³/mol. The first kappa shape index (κ1) is 15.4. The van der Waals surface area contributed by atoms with E-state index in [0.29, 0.717) is 4.47 Å². The van der Waals surface area contributed by atoms with Crippen LogP contribution in [0.4, 0.5) is 11.4 Å². The molecule has 0 heterocycles. The summed E-state index contributed by atoms with van der Waals surface area (Å²) in [7, 11) is 0. The second kappa shape index (κ2) is 5.10. The molecule has 1 aliphatic carbocycles. The molecule has 112 valence electrons. The number of hydrogen-bond acceptors (Lipinski definition) is 4. The number of anilines is 1. The van der Waals surface area contributed by atoms with Gasteiger partial charge in [-0.25, -0.2) is 0 Å². The molecule has 0 saturated heterocycles. The number of aliphatic carboxylic acids is 1. The SMILES string of the molecule is CC1(C)[C@H](C(=O)O)[C@@H]1C(=O)Nc1ccc(Br)c([N+](=O)[O-])c1. The van der Waals surface area contributed by atoms with E-state index in [9.17, 15) is 19.7 Å². The van der Waals surface area contributed by atoms with Gasteiger partial charge in [0, 0.05) is 11.8 Å². The number of carboxylic acids is 1. The van der Waals surface area contributed by atoms with Crippen molar-refractivity contribution >= 4 is 39.2 Å². The molecule has 8 heteroatoms. The number of halogens is 1. The average Bonchev–Trinajstić information content (AvgIpc) is 2.94. The van der Waals surface area contributed by atoms with Gasteiger partial charge in [-0.2, -0.15) is 0 Å². The van der Waals surface area contributed by atoms with Gasteiger partial charge in [0.05, 0.1) is 21.2 Å². The van der Waals surface area contributed by atoms with Gasteiger partial charge in [-0.1, -0.05) is 13.8 Å². The second-order valence-electron chi connectivity index (χ2n) is 5.53. The number of carbonyl (C=O) groups is 2. The maximum Gasteiger partial charge on any atom is 0.307 e. The summed E-state index contributed by atoms with van der Waals surface area (Å²) in [5.74, 6) is -2.83. The van der Waals surface area contributed by atoms with E-state index in [4.69, 9.17) is 5.11 Å². The quantitative estimate of drug-likeness (QED) is 0.636. The Morgan fingerprint density at radius 2 is 2.00 bits per heavy atom. The van der Waals surface area contributed by atoms with Crippen molar-refractivity contribution in [2.75, 3.05) is 5.32 Å². The lowest BCUT2D eigenvalue weighted by Gasteiger charge is -2.06. The van der Waals surface area contributed by atoms with E-state index in [2.05, 4.69) is 21.2 Å². The third kappa shape index (κ3) is 2.76. The van der Waals surface area contributed by atoms with Crippen molar-refractivity contribution in [3.8, 4) is 0 Å². The Kier molecular flexibility index (Phi) is 3.75. The van der Waals surface area contributed by atoms with Gasteiger partial charge in [0.25, 0.3) is 5.69 Å². The smallest absolute Gasteiger partial charge is 0.307 e. The number of nitrogens with one attached hydrogen (secondary N) is 1. The fraction of sp³-hybridized carbons (Fsp3) is 0.385. The molecule has 2 atom stereocenters. The zero-order valence-corrected chi connectivity index (χ0v) is 12.9. The summed E-state index contributed by atoms with van der Waals surface area (Å²) in [5, 5.41) is 22.4. The lowest BCUT2D eigenvalue weighted by atomic mass is 10.1. The Hall–Kier alpha value is -1.96. The van der Waals surface area contributed by atoms with Crippen molar-refractivity contribution in [1.82, 2.24) is 0 Å². The first-order valence-corrected chi connectivity index (χ1v) is 6.93. The van der Waals surface area contributed by atoms with E-state index in [1.807, 2.05) is 0 Å². The van der Waals surface area contributed by atoms with Crippen molar-refractivity contribution in [3.63, 3.8) is 0 Å². The molecule has 0 radical (unpaired) electrons. The minimum absolute atomic E-state index is 0.169. The lowest BCUT2D eigenvalue weighted by molar-refractivity contribution is -0.385. The van der Waals surface area contributed by atoms with Crippen molar-refractivity contribution in [1.29, 1.82) is 0 Å². The van der Waals surface area contributed by atoms with Gasteiger partial charge >= 0.3 is 5.97 Å². The minimum atomic E-state index is -1.01. The number of rotatable bonds is 4. The van der Waals surface area contributed by atoms with Gasteiger partial charge in [0.15, 0.2) is 0 Å². The highest BCUT2D eigenvalue weighted by Gasteiger charge is 2.65. The van der Waals surface area contributed by atoms with Crippen LogP contribution in [0.3, 0.4) is 0 Å². The summed E-state index contributed by atoms with van der Waals surface area (Å²) in [6.45, 7) is 3.42. The minimum Gasteiger partial charge on any atom is -0.481 e. The fourth-order valence-electron chi connectivity index (χ4n) is 2.54. The van der Waals surface area contributed by atoms with E-state index >= 15 is 0 Å². The lowest BCUT2D eigenvalue weighted by Crippen LogP contribution is -2.17. The fourth-order valence-corrected chi connectivity index (χ4v) is 2.93. The van der Waals surface area contributed by atoms with Crippen molar-refractivity contribution < 1.29 is 19.6 Å². The molecular formula is C13H13BrN2O5. The Balaban J connectivity index is 2.17. The molecule has 1 aromatic rings. The first-order chi connectivity index (χ1) is 9.66. The van der Waals surface area contributed by atoms with Crippen molar-refractivity contribution in [2.24, 2.45) is 17.3 Å². The molecule has 0 aromatic heterocycles. The highest BCUT2D eigenvalue weighted by Crippen LogP contribution is 2.58. The standard InChI is InChI=1S/C13H13BrN2O5/c1-13(2)9(10(13)12(18)19)11(17)15-6-3-4-7(14)8(5-6)16(20)21/h3-5,9-10H,1-2H3,(H,15,17)(H,18,19)/t9-,10+/m1/s1. The Labute approximate surface area is 128 Å². The number of carboxylic acid groups (broad SMARTS) is 1. The molecule has 0 spiro atoms. The van der Waals surface area contributed by atoms with Gasteiger partial charge in [0.1, 0.15) is 0 Å². The van der Waals surface area contributed by atoms with Gasteiger partial charge in [-0.3, -0.25) is 19.7 Å². The molecule has 1 aliphatic rings. The Morgan fingerprint density at radius 3 is 2.48 bits per heavy atom. The monoisotopic (exact) mass is 356 g/mol. The first-order valence-electron chi connectivity index (χ1n) is 6.14. The third-order valence-corrected chi connectivity index (χ3v) is 4.46. The summed E-state index contributed by atoms with van der Waals surface area (Å²) in [5.41, 5.74) is -0.517. The molecule has 1 fully saturated rings. The molecule has 2 N–H and O–H groups in total. The van der Waals surface area contributed by atoms with Crippen LogP contribution in [0.25, 0.3) is 0 Å². The number of nitro benzene ring substituents is 1. The van der Waals surface area contributed by atoms with Crippen LogP contribution in [0.1, 0.15) is 13.8 Å². The van der Waals surface area contributed by atoms with Crippen LogP contribution >= 0.6 is 15.9 Å². The molecule has 7 nitrogen and oxygen atoms in total. The Bertz CT molecular complexity index is 643. The highest BCUT2D eigenvalue weighted by atomic mass is 79.9. The van der Waals surface area contributed by atoms with Crippen LogP contribution in [0.15, 0.2) is 22.7 Å². The van der Waals surface area contributed by atoms with E-state index in [1.54, 1.807) is 13.8 Å². The molecule has 1 aromatic carbocycles. The zero-order chi connectivity index (χ0) is 15.9. The zero-order valence-electron chi connectivity index (χ0n) is 11.3. The number of benzene rings is 1. The molecule has 1 saturated carbocycles. The van der Waals surface area contributed by atoms with Crippen LogP contribution in [-0.4, -0.2) is 21.9 Å². The molecule has 21 heavy (non-hydrogen) atoms. The van der Waals surface area contributed by atoms with Crippen LogP contribution in [-0.2, 0) is 9.59 Å². The molecular weight excluding hydrogens is 344 g/mol. The summed E-state index contributed by atoms with van der Waals surface area (Å²) < 4.78 is 0.306. The summed E-state index contributed by atoms with van der Waals surface area (Å²) in [4.78, 5) is 33.4. The van der Waals surface area contributed by atoms with Gasteiger partial charge in [0.2, 0.25) is 5.91 Å². The molecule has 2 rings (SSSR count). The second-order valence-corrected chi connectivity index (χ2v) is 6.38. The van der Waals surface area contributed by atoms with E-state index in [1.165, 1.54) is 18.2 Å². The van der Waals surface area contributed by atoms with Crippen LogP contribution in [0, 0.1) is 27.4 Å². The molecule has 0 bridgehead atoms. The number of nitro groups is 1. The summed E-state index contributed by atoms with van der Waals surface area (Å²) >= 11 is 3.05. The van der Waals surface area contributed by atoms with Crippen LogP contribution < -0.4 is 5.32 Å². The topological polar surface area (TPSA) is 110 Å². The predicted octanol–water partition coefficient (Wildman–Crippen LogP) is 2.65. The average molecular weight is 357 g/mol. The Morgan fingerprint density at radius 1 is 1.38 bits per heavy atom. The molecule has 0 unspecified atom stereocenters. The summed E-state index contributed by atoms with van der Waals surface area (Å²) in [6.07, 6.45) is 0. The number of amides is 1.